The Morgan fingerprint density at radius 3 is 2.29 bits per heavy atom. The molecule has 140 valence electrons. The maximum atomic E-state index is 12.4. The summed E-state index contributed by atoms with van der Waals surface area (Å²) in [5.41, 5.74) is 1.84. The molecule has 3 rings (SSSR count). The van der Waals surface area contributed by atoms with Crippen LogP contribution in [0.5, 0.6) is 0 Å². The first-order valence-electron chi connectivity index (χ1n) is 8.32. The zero-order valence-electron chi connectivity index (χ0n) is 14.9. The van der Waals surface area contributed by atoms with Crippen molar-refractivity contribution in [1.82, 2.24) is 4.98 Å². The molecule has 28 heavy (non-hydrogen) atoms. The van der Waals surface area contributed by atoms with Crippen molar-refractivity contribution in [2.24, 2.45) is 0 Å². The van der Waals surface area contributed by atoms with E-state index in [2.05, 4.69) is 15.6 Å². The Morgan fingerprint density at radius 2 is 1.64 bits per heavy atom. The maximum absolute atomic E-state index is 12.4. The third-order valence-electron chi connectivity index (χ3n) is 4.07. The van der Waals surface area contributed by atoms with Gasteiger partial charge in [-0.1, -0.05) is 6.07 Å². The van der Waals surface area contributed by atoms with Crippen LogP contribution in [0.1, 0.15) is 26.3 Å². The molecule has 0 unspecified atom stereocenters. The summed E-state index contributed by atoms with van der Waals surface area (Å²) in [5.74, 6) is -0.769. The van der Waals surface area contributed by atoms with Crippen molar-refractivity contribution in [1.29, 1.82) is 0 Å². The maximum Gasteiger partial charge on any atom is 0.273 e. The Hall–Kier alpha value is -4.07. The Balaban J connectivity index is 1.71. The minimum absolute atomic E-state index is 0.116. The van der Waals surface area contributed by atoms with E-state index in [4.69, 9.17) is 0 Å². The van der Waals surface area contributed by atoms with Crippen LogP contribution in [0, 0.1) is 17.0 Å². The van der Waals surface area contributed by atoms with Crippen LogP contribution in [0.15, 0.2) is 67.0 Å². The first kappa shape index (κ1) is 18.7. The highest BCUT2D eigenvalue weighted by atomic mass is 16.6. The fourth-order valence-corrected chi connectivity index (χ4v) is 2.61. The number of hydrogen-bond donors (Lipinski definition) is 2. The minimum Gasteiger partial charge on any atom is -0.322 e. The zero-order valence-corrected chi connectivity index (χ0v) is 14.9. The second kappa shape index (κ2) is 8.09. The molecule has 0 atom stereocenters. The van der Waals surface area contributed by atoms with E-state index in [9.17, 15) is 19.7 Å². The Kier molecular flexibility index (Phi) is 5.40. The number of nitrogens with one attached hydrogen (secondary N) is 2. The summed E-state index contributed by atoms with van der Waals surface area (Å²) in [4.78, 5) is 39.1. The number of nitro benzene ring substituents is 1. The highest BCUT2D eigenvalue weighted by Crippen LogP contribution is 2.22. The number of carbonyl (C=O) groups excluding carboxylic acids is 2. The summed E-state index contributed by atoms with van der Waals surface area (Å²) in [7, 11) is 0. The second-order valence-corrected chi connectivity index (χ2v) is 5.93. The van der Waals surface area contributed by atoms with Gasteiger partial charge in [-0.3, -0.25) is 24.7 Å². The predicted molar refractivity (Wildman–Crippen MR) is 104 cm³/mol. The first-order chi connectivity index (χ1) is 13.5. The number of hydrogen-bond acceptors (Lipinski definition) is 5. The van der Waals surface area contributed by atoms with E-state index in [1.165, 1.54) is 31.3 Å². The molecule has 0 saturated heterocycles. The smallest absolute Gasteiger partial charge is 0.273 e. The molecule has 2 N–H and O–H groups in total. The molecule has 0 aliphatic heterocycles. The normalized spacial score (nSPS) is 10.2. The number of nitro groups is 1. The van der Waals surface area contributed by atoms with E-state index < -0.39 is 10.8 Å². The number of aromatic nitrogens is 1. The van der Waals surface area contributed by atoms with E-state index in [1.807, 2.05) is 0 Å². The van der Waals surface area contributed by atoms with Gasteiger partial charge in [-0.15, -0.1) is 0 Å². The van der Waals surface area contributed by atoms with Crippen molar-refractivity contribution in [3.8, 4) is 0 Å². The number of anilines is 2. The lowest BCUT2D eigenvalue weighted by Gasteiger charge is -2.09. The molecule has 3 aromatic rings. The van der Waals surface area contributed by atoms with E-state index in [0.717, 1.165) is 0 Å². The van der Waals surface area contributed by atoms with Crippen LogP contribution in [0.4, 0.5) is 17.1 Å². The summed E-state index contributed by atoms with van der Waals surface area (Å²) in [6.07, 6.45) is 3.14. The molecular formula is C20H16N4O4. The average Bonchev–Trinajstić information content (AvgIpc) is 2.69. The Labute approximate surface area is 160 Å². The van der Waals surface area contributed by atoms with Crippen LogP contribution in [0.3, 0.4) is 0 Å². The molecule has 0 spiro atoms. The molecular weight excluding hydrogens is 360 g/mol. The quantitative estimate of drug-likeness (QED) is 0.519. The first-order valence-corrected chi connectivity index (χ1v) is 8.32. The van der Waals surface area contributed by atoms with Gasteiger partial charge in [0.25, 0.3) is 17.5 Å². The Morgan fingerprint density at radius 1 is 0.929 bits per heavy atom. The van der Waals surface area contributed by atoms with Gasteiger partial charge in [-0.05, 0) is 49.4 Å². The van der Waals surface area contributed by atoms with Crippen molar-refractivity contribution in [3.63, 3.8) is 0 Å². The third kappa shape index (κ3) is 4.18. The molecule has 0 saturated carbocycles. The highest BCUT2D eigenvalue weighted by Gasteiger charge is 2.18. The van der Waals surface area contributed by atoms with E-state index >= 15 is 0 Å². The topological polar surface area (TPSA) is 114 Å². The lowest BCUT2D eigenvalue weighted by atomic mass is 10.1. The molecule has 2 aromatic carbocycles. The van der Waals surface area contributed by atoms with Gasteiger partial charge < -0.3 is 10.6 Å². The molecule has 1 aromatic heterocycles. The molecule has 8 nitrogen and oxygen atoms in total. The monoisotopic (exact) mass is 376 g/mol. The molecule has 8 heteroatoms. The van der Waals surface area contributed by atoms with Gasteiger partial charge in [0.1, 0.15) is 0 Å². The van der Waals surface area contributed by atoms with E-state index in [1.54, 1.807) is 42.6 Å². The molecule has 0 radical (unpaired) electrons. The molecule has 2 amide bonds. The number of rotatable bonds is 5. The fourth-order valence-electron chi connectivity index (χ4n) is 2.61. The van der Waals surface area contributed by atoms with Gasteiger partial charge in [-0.2, -0.15) is 0 Å². The third-order valence-corrected chi connectivity index (χ3v) is 4.07. The van der Waals surface area contributed by atoms with Crippen molar-refractivity contribution in [3.05, 3.63) is 93.8 Å². The zero-order chi connectivity index (χ0) is 20.1. The fraction of sp³-hybridized carbons (Fsp3) is 0.0500. The predicted octanol–water partition coefficient (Wildman–Crippen LogP) is 3.80. The molecule has 0 fully saturated rings. The molecule has 1 heterocycles. The van der Waals surface area contributed by atoms with Crippen LogP contribution >= 0.6 is 0 Å². The van der Waals surface area contributed by atoms with Crippen LogP contribution < -0.4 is 10.6 Å². The summed E-state index contributed by atoms with van der Waals surface area (Å²) >= 11 is 0. The van der Waals surface area contributed by atoms with Crippen LogP contribution in [-0.4, -0.2) is 21.7 Å². The molecule has 0 bridgehead atoms. The number of amides is 2. The van der Waals surface area contributed by atoms with Crippen LogP contribution in [0.25, 0.3) is 0 Å². The Bertz CT molecular complexity index is 1030. The molecule has 0 aliphatic rings. The second-order valence-electron chi connectivity index (χ2n) is 5.93. The standard InChI is InChI=1S/C20H16N4O4/c1-13-17(5-2-6-18(13)24(27)28)20(26)22-15-9-7-14(8-10-15)19(25)23-16-4-3-11-21-12-16/h2-12H,1H3,(H,22,26)(H,23,25). The van der Waals surface area contributed by atoms with Crippen LogP contribution in [0.2, 0.25) is 0 Å². The van der Waals surface area contributed by atoms with Gasteiger partial charge in [0, 0.05) is 34.6 Å². The van der Waals surface area contributed by atoms with E-state index in [0.29, 0.717) is 16.9 Å². The van der Waals surface area contributed by atoms with Gasteiger partial charge in [0.05, 0.1) is 16.8 Å². The van der Waals surface area contributed by atoms with Crippen LogP contribution in [-0.2, 0) is 0 Å². The van der Waals surface area contributed by atoms with Gasteiger partial charge in [0.2, 0.25) is 0 Å². The summed E-state index contributed by atoms with van der Waals surface area (Å²) in [6.45, 7) is 1.53. The lowest BCUT2D eigenvalue weighted by molar-refractivity contribution is -0.385. The van der Waals surface area contributed by atoms with Crippen molar-refractivity contribution in [2.45, 2.75) is 6.92 Å². The van der Waals surface area contributed by atoms with Gasteiger partial charge >= 0.3 is 0 Å². The summed E-state index contributed by atoms with van der Waals surface area (Å²) in [5, 5.41) is 16.4. The number of carbonyl (C=O) groups is 2. The van der Waals surface area contributed by atoms with Gasteiger partial charge in [-0.25, -0.2) is 0 Å². The lowest BCUT2D eigenvalue weighted by Crippen LogP contribution is -2.15. The van der Waals surface area contributed by atoms with Crippen molar-refractivity contribution in [2.75, 3.05) is 10.6 Å². The number of nitrogens with zero attached hydrogens (tertiary/aromatic N) is 2. The van der Waals surface area contributed by atoms with E-state index in [-0.39, 0.29) is 22.7 Å². The average molecular weight is 376 g/mol. The SMILES string of the molecule is Cc1c(C(=O)Nc2ccc(C(=O)Nc3cccnc3)cc2)cccc1[N+](=O)[O-]. The minimum atomic E-state index is -0.526. The van der Waals surface area contributed by atoms with Crippen molar-refractivity contribution < 1.29 is 14.5 Å². The number of benzene rings is 2. The van der Waals surface area contributed by atoms with Crippen molar-refractivity contribution >= 4 is 28.9 Å². The highest BCUT2D eigenvalue weighted by molar-refractivity contribution is 6.07. The summed E-state index contributed by atoms with van der Waals surface area (Å²) in [6, 6.07) is 14.1. The summed E-state index contributed by atoms with van der Waals surface area (Å²) < 4.78 is 0. The van der Waals surface area contributed by atoms with Gasteiger partial charge in [0.15, 0.2) is 0 Å². The number of pyridine rings is 1. The largest absolute Gasteiger partial charge is 0.322 e. The molecule has 0 aliphatic carbocycles.